The SMILES string of the molecule is Cc1nc2cc(N3CC[C@H](N4CCOCC4)C3)nc(-c3ccc(Cl)cc3F)c2c(=O)n1C. The minimum absolute atomic E-state index is 0.243. The molecule has 2 aliphatic heterocycles. The second-order valence-electron chi connectivity index (χ2n) is 8.41. The average Bonchev–Trinajstić information content (AvgIpc) is 3.28. The van der Waals surface area contributed by atoms with Crippen molar-refractivity contribution < 1.29 is 9.13 Å². The molecule has 1 aromatic carbocycles. The van der Waals surface area contributed by atoms with Gasteiger partial charge in [-0.3, -0.25) is 14.3 Å². The highest BCUT2D eigenvalue weighted by Crippen LogP contribution is 2.32. The number of aryl methyl sites for hydroxylation is 1. The third-order valence-corrected chi connectivity index (χ3v) is 6.74. The minimum atomic E-state index is -0.515. The molecule has 3 aromatic rings. The van der Waals surface area contributed by atoms with Gasteiger partial charge in [0.15, 0.2) is 0 Å². The van der Waals surface area contributed by atoms with E-state index in [1.165, 1.54) is 10.6 Å². The number of benzene rings is 1. The summed E-state index contributed by atoms with van der Waals surface area (Å²) in [5, 5.41) is 0.605. The van der Waals surface area contributed by atoms with E-state index < -0.39 is 5.82 Å². The molecule has 0 radical (unpaired) electrons. The first-order valence-corrected chi connectivity index (χ1v) is 11.2. The summed E-state index contributed by atoms with van der Waals surface area (Å²) in [6.45, 7) is 6.84. The van der Waals surface area contributed by atoms with E-state index in [-0.39, 0.29) is 11.1 Å². The van der Waals surface area contributed by atoms with E-state index in [1.807, 2.05) is 6.07 Å². The van der Waals surface area contributed by atoms with Gasteiger partial charge in [-0.15, -0.1) is 0 Å². The number of ether oxygens (including phenoxy) is 1. The van der Waals surface area contributed by atoms with Gasteiger partial charge in [0.1, 0.15) is 17.5 Å². The number of hydrogen-bond donors (Lipinski definition) is 0. The molecular weight excluding hydrogens is 433 g/mol. The van der Waals surface area contributed by atoms with Gasteiger partial charge in [0.05, 0.1) is 29.8 Å². The van der Waals surface area contributed by atoms with E-state index in [0.717, 1.165) is 45.8 Å². The third-order valence-electron chi connectivity index (χ3n) is 6.51. The van der Waals surface area contributed by atoms with E-state index in [4.69, 9.17) is 21.3 Å². The van der Waals surface area contributed by atoms with Gasteiger partial charge in [0.25, 0.3) is 5.56 Å². The largest absolute Gasteiger partial charge is 0.379 e. The fraction of sp³-hybridized carbons (Fsp3) is 0.435. The van der Waals surface area contributed by atoms with Crippen molar-refractivity contribution in [1.82, 2.24) is 19.4 Å². The molecule has 0 amide bonds. The van der Waals surface area contributed by atoms with Crippen LogP contribution >= 0.6 is 11.6 Å². The topological polar surface area (TPSA) is 63.5 Å². The van der Waals surface area contributed by atoms with Crippen LogP contribution in [0.15, 0.2) is 29.1 Å². The molecule has 9 heteroatoms. The number of anilines is 1. The Morgan fingerprint density at radius 1 is 1.16 bits per heavy atom. The maximum atomic E-state index is 14.9. The molecule has 0 spiro atoms. The van der Waals surface area contributed by atoms with Crippen molar-refractivity contribution in [2.75, 3.05) is 44.3 Å². The van der Waals surface area contributed by atoms with Crippen molar-refractivity contribution in [2.45, 2.75) is 19.4 Å². The Morgan fingerprint density at radius 3 is 2.69 bits per heavy atom. The molecule has 5 rings (SSSR count). The van der Waals surface area contributed by atoms with Crippen LogP contribution in [0.3, 0.4) is 0 Å². The Labute approximate surface area is 190 Å². The molecule has 4 heterocycles. The number of rotatable bonds is 3. The zero-order valence-electron chi connectivity index (χ0n) is 18.1. The van der Waals surface area contributed by atoms with Crippen LogP contribution in [0.25, 0.3) is 22.2 Å². The summed E-state index contributed by atoms with van der Waals surface area (Å²) < 4.78 is 21.9. The van der Waals surface area contributed by atoms with E-state index in [1.54, 1.807) is 26.1 Å². The molecule has 0 saturated carbocycles. The highest BCUT2D eigenvalue weighted by atomic mass is 35.5. The molecular formula is C23H25ClFN5O2. The fourth-order valence-corrected chi connectivity index (χ4v) is 4.77. The standard InChI is InChI=1S/C23H25ClFN5O2/c1-14-26-19-12-20(30-6-5-16(13-30)29-7-9-32-10-8-29)27-22(21(19)23(31)28(14)2)17-4-3-15(24)11-18(17)25/h3-4,11-12,16H,5-10,13H2,1-2H3/t16-/m0/s1. The summed E-state index contributed by atoms with van der Waals surface area (Å²) in [6, 6.07) is 6.70. The lowest BCUT2D eigenvalue weighted by atomic mass is 10.1. The van der Waals surface area contributed by atoms with Gasteiger partial charge in [0, 0.05) is 55.9 Å². The lowest BCUT2D eigenvalue weighted by molar-refractivity contribution is 0.0209. The number of halogens is 2. The Kier molecular flexibility index (Phi) is 5.61. The Bertz CT molecular complexity index is 1240. The van der Waals surface area contributed by atoms with Gasteiger partial charge in [-0.25, -0.2) is 14.4 Å². The van der Waals surface area contributed by atoms with Gasteiger partial charge in [0.2, 0.25) is 0 Å². The molecule has 0 aliphatic carbocycles. The predicted molar refractivity (Wildman–Crippen MR) is 123 cm³/mol. The van der Waals surface area contributed by atoms with Crippen LogP contribution in [0.4, 0.5) is 10.2 Å². The normalized spacial score (nSPS) is 19.8. The van der Waals surface area contributed by atoms with E-state index in [9.17, 15) is 9.18 Å². The number of hydrogen-bond acceptors (Lipinski definition) is 6. The lowest BCUT2D eigenvalue weighted by Gasteiger charge is -2.32. The van der Waals surface area contributed by atoms with Gasteiger partial charge < -0.3 is 9.64 Å². The van der Waals surface area contributed by atoms with Gasteiger partial charge in [-0.05, 0) is 31.5 Å². The molecule has 0 N–H and O–H groups in total. The van der Waals surface area contributed by atoms with E-state index >= 15 is 0 Å². The lowest BCUT2D eigenvalue weighted by Crippen LogP contribution is -2.44. The molecule has 7 nitrogen and oxygen atoms in total. The summed E-state index contributed by atoms with van der Waals surface area (Å²) in [4.78, 5) is 27.2. The van der Waals surface area contributed by atoms with Crippen LogP contribution in [-0.4, -0.2) is 64.9 Å². The van der Waals surface area contributed by atoms with Crippen molar-refractivity contribution >= 4 is 28.3 Å². The first-order chi connectivity index (χ1) is 15.4. The molecule has 0 bridgehead atoms. The summed E-state index contributed by atoms with van der Waals surface area (Å²) in [6.07, 6.45) is 1.02. The number of pyridine rings is 1. The zero-order chi connectivity index (χ0) is 22.4. The Balaban J connectivity index is 1.62. The molecule has 2 fully saturated rings. The van der Waals surface area contributed by atoms with Gasteiger partial charge >= 0.3 is 0 Å². The second-order valence-corrected chi connectivity index (χ2v) is 8.84. The predicted octanol–water partition coefficient (Wildman–Crippen LogP) is 3.01. The summed E-state index contributed by atoms with van der Waals surface area (Å²) >= 11 is 5.96. The molecule has 2 saturated heterocycles. The van der Waals surface area contributed by atoms with Crippen LogP contribution in [-0.2, 0) is 11.8 Å². The molecule has 2 aliphatic rings. The van der Waals surface area contributed by atoms with Crippen molar-refractivity contribution in [3.05, 3.63) is 51.3 Å². The van der Waals surface area contributed by atoms with E-state index in [0.29, 0.717) is 39.3 Å². The highest BCUT2D eigenvalue weighted by molar-refractivity contribution is 6.30. The number of aromatic nitrogens is 3. The Hall–Kier alpha value is -2.55. The molecule has 32 heavy (non-hydrogen) atoms. The number of fused-ring (bicyclic) bond motifs is 1. The average molecular weight is 458 g/mol. The van der Waals surface area contributed by atoms with Crippen LogP contribution in [0.1, 0.15) is 12.2 Å². The van der Waals surface area contributed by atoms with E-state index in [2.05, 4.69) is 14.8 Å². The summed E-state index contributed by atoms with van der Waals surface area (Å²) in [7, 11) is 1.66. The van der Waals surface area contributed by atoms with Crippen molar-refractivity contribution in [3.63, 3.8) is 0 Å². The Morgan fingerprint density at radius 2 is 1.94 bits per heavy atom. The second kappa shape index (κ2) is 8.42. The van der Waals surface area contributed by atoms with Crippen LogP contribution in [0, 0.1) is 12.7 Å². The maximum absolute atomic E-state index is 14.9. The molecule has 1 atom stereocenters. The third kappa shape index (κ3) is 3.76. The number of nitrogens with zero attached hydrogens (tertiary/aromatic N) is 5. The molecule has 2 aromatic heterocycles. The van der Waals surface area contributed by atoms with Crippen LogP contribution < -0.4 is 10.5 Å². The molecule has 168 valence electrons. The van der Waals surface area contributed by atoms with Crippen LogP contribution in [0.5, 0.6) is 0 Å². The highest BCUT2D eigenvalue weighted by Gasteiger charge is 2.30. The molecule has 0 unspecified atom stereocenters. The summed E-state index contributed by atoms with van der Waals surface area (Å²) in [5.74, 6) is 0.784. The van der Waals surface area contributed by atoms with Crippen molar-refractivity contribution in [1.29, 1.82) is 0 Å². The van der Waals surface area contributed by atoms with Gasteiger partial charge in [-0.1, -0.05) is 11.6 Å². The van der Waals surface area contributed by atoms with Gasteiger partial charge in [-0.2, -0.15) is 0 Å². The van der Waals surface area contributed by atoms with Crippen molar-refractivity contribution in [3.8, 4) is 11.3 Å². The number of morpholine rings is 1. The fourth-order valence-electron chi connectivity index (χ4n) is 4.61. The maximum Gasteiger partial charge on any atom is 0.263 e. The quantitative estimate of drug-likeness (QED) is 0.602. The minimum Gasteiger partial charge on any atom is -0.379 e. The zero-order valence-corrected chi connectivity index (χ0v) is 18.9. The first-order valence-electron chi connectivity index (χ1n) is 10.8. The monoisotopic (exact) mass is 457 g/mol. The van der Waals surface area contributed by atoms with Crippen LogP contribution in [0.2, 0.25) is 5.02 Å². The van der Waals surface area contributed by atoms with Crippen molar-refractivity contribution in [2.24, 2.45) is 7.05 Å². The summed E-state index contributed by atoms with van der Waals surface area (Å²) in [5.41, 5.74) is 0.820. The first kappa shape index (κ1) is 21.3. The smallest absolute Gasteiger partial charge is 0.263 e.